The topological polar surface area (TPSA) is 53.8 Å². The van der Waals surface area contributed by atoms with Crippen LogP contribution in [0.1, 0.15) is 21.4 Å². The zero-order valence-electron chi connectivity index (χ0n) is 10.0. The molecule has 1 fully saturated rings. The Morgan fingerprint density at radius 2 is 2.21 bits per heavy atom. The van der Waals surface area contributed by atoms with Gasteiger partial charge in [0.2, 0.25) is 0 Å². The Bertz CT molecular complexity index is 670. The molecule has 0 unspecified atom stereocenters. The number of aryl methyl sites for hydroxylation is 1. The minimum absolute atomic E-state index is 0.00208. The van der Waals surface area contributed by atoms with Crippen LogP contribution in [-0.4, -0.2) is 15.8 Å². The third-order valence-corrected chi connectivity index (χ3v) is 5.65. The number of ketones is 1. The molecule has 2 aromatic heterocycles. The minimum atomic E-state index is -0.489. The van der Waals surface area contributed by atoms with Gasteiger partial charge in [-0.2, -0.15) is 0 Å². The highest BCUT2D eigenvalue weighted by Crippen LogP contribution is 2.41. The summed E-state index contributed by atoms with van der Waals surface area (Å²) >= 11 is 4.30. The normalized spacial score (nSPS) is 21.5. The number of Topliss-reactive ketones (excluding diaryl/α,β-unsaturated/α-hetero) is 1. The van der Waals surface area contributed by atoms with Gasteiger partial charge in [-0.05, 0) is 30.0 Å². The fraction of sp³-hybridized carbons (Fsp3) is 0.154. The van der Waals surface area contributed by atoms with E-state index in [9.17, 15) is 4.79 Å². The van der Waals surface area contributed by atoms with Crippen molar-refractivity contribution in [2.24, 2.45) is 0 Å². The number of nitrogens with zero attached hydrogens (tertiary/aromatic N) is 1. The van der Waals surface area contributed by atoms with E-state index >= 15 is 0 Å². The number of thioether (sulfide) groups is 1. The van der Waals surface area contributed by atoms with E-state index in [1.165, 1.54) is 23.1 Å². The van der Waals surface area contributed by atoms with Crippen LogP contribution in [0.2, 0.25) is 0 Å². The molecule has 1 N–H and O–H groups in total. The van der Waals surface area contributed by atoms with E-state index in [0.29, 0.717) is 15.0 Å². The van der Waals surface area contributed by atoms with Crippen molar-refractivity contribution in [2.45, 2.75) is 12.8 Å². The van der Waals surface area contributed by atoms with Crippen molar-refractivity contribution in [1.82, 2.24) is 4.98 Å². The molecule has 3 heterocycles. The first-order valence-corrected chi connectivity index (χ1v) is 8.20. The number of thiazole rings is 1. The summed E-state index contributed by atoms with van der Waals surface area (Å²) in [6, 6.07) is 2.03. The van der Waals surface area contributed by atoms with Crippen LogP contribution in [0.25, 0.3) is 6.08 Å². The Labute approximate surface area is 122 Å². The second-order valence-corrected chi connectivity index (χ2v) is 7.07. The van der Waals surface area contributed by atoms with E-state index in [0.717, 1.165) is 10.4 Å². The zero-order chi connectivity index (χ0) is 13.4. The lowest BCUT2D eigenvalue weighted by molar-refractivity contribution is -0.114. The maximum Gasteiger partial charge on any atom is 0.186 e. The van der Waals surface area contributed by atoms with Gasteiger partial charge in [-0.25, -0.2) is 4.98 Å². The van der Waals surface area contributed by atoms with E-state index in [1.54, 1.807) is 17.5 Å². The molecule has 0 bridgehead atoms. The van der Waals surface area contributed by atoms with E-state index < -0.39 is 5.92 Å². The molecule has 0 aromatic carbocycles. The molecular formula is C13H10N2OS3. The number of nitrogens with one attached hydrogen (secondary N) is 1. The van der Waals surface area contributed by atoms with Crippen molar-refractivity contribution in [1.29, 1.82) is 5.41 Å². The van der Waals surface area contributed by atoms with Gasteiger partial charge in [0, 0.05) is 16.5 Å². The van der Waals surface area contributed by atoms with Crippen LogP contribution in [-0.2, 0) is 4.79 Å². The van der Waals surface area contributed by atoms with Gasteiger partial charge in [0.05, 0.1) is 9.95 Å². The second-order valence-electron chi connectivity index (χ2n) is 4.11. The van der Waals surface area contributed by atoms with Crippen LogP contribution in [0.4, 0.5) is 0 Å². The summed E-state index contributed by atoms with van der Waals surface area (Å²) in [6.45, 7) is 2.02. The Balaban J connectivity index is 1.95. The number of carbonyl (C=O) groups is 1. The predicted octanol–water partition coefficient (Wildman–Crippen LogP) is 3.93. The van der Waals surface area contributed by atoms with Crippen molar-refractivity contribution in [2.75, 3.05) is 0 Å². The lowest BCUT2D eigenvalue weighted by Gasteiger charge is -2.01. The van der Waals surface area contributed by atoms with Gasteiger partial charge >= 0.3 is 0 Å². The highest BCUT2D eigenvalue weighted by molar-refractivity contribution is 8.19. The summed E-state index contributed by atoms with van der Waals surface area (Å²) in [6.07, 6.45) is 3.57. The Morgan fingerprint density at radius 3 is 2.84 bits per heavy atom. The Kier molecular flexibility index (Phi) is 3.38. The maximum absolute atomic E-state index is 12.4. The van der Waals surface area contributed by atoms with Gasteiger partial charge in [-0.3, -0.25) is 10.2 Å². The molecule has 3 nitrogen and oxygen atoms in total. The average Bonchev–Trinajstić information content (AvgIpc) is 3.05. The summed E-state index contributed by atoms with van der Waals surface area (Å²) in [5, 5.41) is 12.9. The average molecular weight is 306 g/mol. The molecule has 0 radical (unpaired) electrons. The summed E-state index contributed by atoms with van der Waals surface area (Å²) in [7, 11) is 0. The number of hydrogen-bond acceptors (Lipinski definition) is 6. The highest BCUT2D eigenvalue weighted by atomic mass is 32.2. The molecule has 1 aliphatic rings. The molecule has 19 heavy (non-hydrogen) atoms. The molecule has 0 amide bonds. The molecule has 3 rings (SSSR count). The van der Waals surface area contributed by atoms with E-state index in [4.69, 9.17) is 5.41 Å². The quantitative estimate of drug-likeness (QED) is 0.855. The van der Waals surface area contributed by atoms with Gasteiger partial charge in [-0.1, -0.05) is 11.8 Å². The van der Waals surface area contributed by atoms with Gasteiger partial charge in [0.1, 0.15) is 10.9 Å². The van der Waals surface area contributed by atoms with Crippen LogP contribution < -0.4 is 0 Å². The molecule has 6 heteroatoms. The highest BCUT2D eigenvalue weighted by Gasteiger charge is 2.38. The first-order chi connectivity index (χ1) is 9.16. The first kappa shape index (κ1) is 12.8. The van der Waals surface area contributed by atoms with Gasteiger partial charge < -0.3 is 0 Å². The van der Waals surface area contributed by atoms with E-state index in [1.807, 2.05) is 29.8 Å². The molecule has 2 aromatic rings. The monoisotopic (exact) mass is 306 g/mol. The predicted molar refractivity (Wildman–Crippen MR) is 82.2 cm³/mol. The van der Waals surface area contributed by atoms with Crippen LogP contribution in [0.3, 0.4) is 0 Å². The van der Waals surface area contributed by atoms with Gasteiger partial charge in [-0.15, -0.1) is 22.7 Å². The third-order valence-electron chi connectivity index (χ3n) is 2.85. The first-order valence-electron chi connectivity index (χ1n) is 5.62. The second kappa shape index (κ2) is 5.03. The van der Waals surface area contributed by atoms with E-state index in [-0.39, 0.29) is 5.78 Å². The zero-order valence-corrected chi connectivity index (χ0v) is 12.5. The van der Waals surface area contributed by atoms with E-state index in [2.05, 4.69) is 4.98 Å². The third kappa shape index (κ3) is 2.31. The van der Waals surface area contributed by atoms with Crippen LogP contribution in [0, 0.1) is 12.3 Å². The van der Waals surface area contributed by atoms with Crippen molar-refractivity contribution >= 4 is 51.3 Å². The van der Waals surface area contributed by atoms with Gasteiger partial charge in [0.25, 0.3) is 0 Å². The summed E-state index contributed by atoms with van der Waals surface area (Å²) in [5.41, 5.74) is 1.16. The molecule has 96 valence electrons. The Morgan fingerprint density at radius 1 is 1.37 bits per heavy atom. The number of carbonyl (C=O) groups excluding carboxylic acids is 1. The van der Waals surface area contributed by atoms with Crippen molar-refractivity contribution < 1.29 is 4.79 Å². The molecule has 0 aliphatic carbocycles. The van der Waals surface area contributed by atoms with Gasteiger partial charge in [0.15, 0.2) is 5.78 Å². The SMILES string of the molecule is Cc1ccsc1/C=C1\SC(=N)[C@H](c2nccs2)C1=O. The molecule has 1 aliphatic heterocycles. The number of allylic oxidation sites excluding steroid dienone is 1. The van der Waals surface area contributed by atoms with Crippen molar-refractivity contribution in [3.63, 3.8) is 0 Å². The maximum atomic E-state index is 12.4. The number of aromatic nitrogens is 1. The molecule has 1 atom stereocenters. The summed E-state index contributed by atoms with van der Waals surface area (Å²) in [5.74, 6) is -0.491. The summed E-state index contributed by atoms with van der Waals surface area (Å²) in [4.78, 5) is 18.3. The number of rotatable bonds is 2. The Hall–Kier alpha value is -1.24. The lowest BCUT2D eigenvalue weighted by atomic mass is 10.1. The molecule has 0 spiro atoms. The van der Waals surface area contributed by atoms with Crippen LogP contribution in [0.15, 0.2) is 27.9 Å². The smallest absolute Gasteiger partial charge is 0.186 e. The van der Waals surface area contributed by atoms with Crippen molar-refractivity contribution in [3.05, 3.63) is 43.4 Å². The van der Waals surface area contributed by atoms with Crippen molar-refractivity contribution in [3.8, 4) is 0 Å². The molecule has 0 saturated carbocycles. The fourth-order valence-electron chi connectivity index (χ4n) is 1.84. The van der Waals surface area contributed by atoms with Crippen LogP contribution >= 0.6 is 34.4 Å². The minimum Gasteiger partial charge on any atom is -0.297 e. The number of thiophene rings is 1. The standard InChI is InChI=1S/C13H10N2OS3/c1-7-2-4-17-8(7)6-9-11(16)10(12(14)19-9)13-15-3-5-18-13/h2-6,10,14H,1H3/b9-6-,14-12?/t10-/m1/s1. The lowest BCUT2D eigenvalue weighted by Crippen LogP contribution is -2.11. The fourth-order valence-corrected chi connectivity index (χ4v) is 4.56. The number of hydrogen-bond donors (Lipinski definition) is 1. The molecular weight excluding hydrogens is 296 g/mol. The van der Waals surface area contributed by atoms with Crippen LogP contribution in [0.5, 0.6) is 0 Å². The molecule has 1 saturated heterocycles. The summed E-state index contributed by atoms with van der Waals surface area (Å²) < 4.78 is 0. The largest absolute Gasteiger partial charge is 0.297 e.